The molecule has 0 radical (unpaired) electrons. The van der Waals surface area contributed by atoms with Crippen LogP contribution in [0.15, 0.2) is 48.7 Å². The molecule has 0 atom stereocenters. The van der Waals surface area contributed by atoms with Gasteiger partial charge in [0.15, 0.2) is 0 Å². The second kappa shape index (κ2) is 4.13. The van der Waals surface area contributed by atoms with E-state index < -0.39 is 0 Å². The SMILES string of the molecule is CN(C)c1ccc(-c2ccccn2)cc1. The Bertz CT molecular complexity index is 418. The summed E-state index contributed by atoms with van der Waals surface area (Å²) in [6, 6.07) is 14.3. The number of benzene rings is 1. The van der Waals surface area contributed by atoms with Crippen LogP contribution in [0.3, 0.4) is 0 Å². The highest BCUT2D eigenvalue weighted by Gasteiger charge is 1.98. The third-order valence-electron chi connectivity index (χ3n) is 2.34. The van der Waals surface area contributed by atoms with Gasteiger partial charge in [0.25, 0.3) is 0 Å². The van der Waals surface area contributed by atoms with Crippen molar-refractivity contribution in [2.45, 2.75) is 0 Å². The van der Waals surface area contributed by atoms with Crippen LogP contribution >= 0.6 is 0 Å². The fourth-order valence-corrected chi connectivity index (χ4v) is 1.46. The van der Waals surface area contributed by atoms with Gasteiger partial charge in [-0.05, 0) is 24.3 Å². The average molecular weight is 198 g/mol. The van der Waals surface area contributed by atoms with Crippen molar-refractivity contribution in [3.05, 3.63) is 48.7 Å². The number of hydrogen-bond donors (Lipinski definition) is 0. The Morgan fingerprint density at radius 2 is 1.67 bits per heavy atom. The second-order valence-corrected chi connectivity index (χ2v) is 3.66. The van der Waals surface area contributed by atoms with Gasteiger partial charge in [0.1, 0.15) is 0 Å². The van der Waals surface area contributed by atoms with E-state index >= 15 is 0 Å². The van der Waals surface area contributed by atoms with Crippen LogP contribution in [0.1, 0.15) is 0 Å². The zero-order valence-electron chi connectivity index (χ0n) is 9.01. The molecule has 0 saturated heterocycles. The van der Waals surface area contributed by atoms with Gasteiger partial charge in [-0.3, -0.25) is 4.98 Å². The standard InChI is InChI=1S/C13H14N2/c1-15(2)12-8-6-11(7-9-12)13-5-3-4-10-14-13/h3-10H,1-2H3. The van der Waals surface area contributed by atoms with Gasteiger partial charge in [-0.2, -0.15) is 0 Å². The summed E-state index contributed by atoms with van der Waals surface area (Å²) >= 11 is 0. The summed E-state index contributed by atoms with van der Waals surface area (Å²) in [6.45, 7) is 0. The first-order valence-electron chi connectivity index (χ1n) is 4.96. The summed E-state index contributed by atoms with van der Waals surface area (Å²) in [4.78, 5) is 6.40. The van der Waals surface area contributed by atoms with Crippen molar-refractivity contribution in [2.75, 3.05) is 19.0 Å². The van der Waals surface area contributed by atoms with Crippen LogP contribution in [0.2, 0.25) is 0 Å². The van der Waals surface area contributed by atoms with Crippen LogP contribution in [0.25, 0.3) is 11.3 Å². The predicted molar refractivity (Wildman–Crippen MR) is 64.0 cm³/mol. The average Bonchev–Trinajstić information content (AvgIpc) is 2.30. The molecular weight excluding hydrogens is 184 g/mol. The van der Waals surface area contributed by atoms with E-state index in [0.29, 0.717) is 0 Å². The Labute approximate surface area is 90.2 Å². The van der Waals surface area contributed by atoms with Gasteiger partial charge in [-0.15, -0.1) is 0 Å². The highest BCUT2D eigenvalue weighted by atomic mass is 15.1. The molecule has 15 heavy (non-hydrogen) atoms. The van der Waals surface area contributed by atoms with E-state index in [4.69, 9.17) is 0 Å². The van der Waals surface area contributed by atoms with E-state index in [1.54, 1.807) is 0 Å². The molecule has 1 aromatic heterocycles. The van der Waals surface area contributed by atoms with Crippen molar-refractivity contribution in [2.24, 2.45) is 0 Å². The lowest BCUT2D eigenvalue weighted by atomic mass is 10.1. The first-order valence-corrected chi connectivity index (χ1v) is 4.96. The molecule has 1 heterocycles. The number of nitrogens with zero attached hydrogens (tertiary/aromatic N) is 2. The van der Waals surface area contributed by atoms with Crippen LogP contribution in [0.5, 0.6) is 0 Å². The second-order valence-electron chi connectivity index (χ2n) is 3.66. The number of anilines is 1. The van der Waals surface area contributed by atoms with E-state index in [1.807, 2.05) is 38.5 Å². The van der Waals surface area contributed by atoms with Crippen LogP contribution in [0, 0.1) is 0 Å². The monoisotopic (exact) mass is 198 g/mol. The maximum absolute atomic E-state index is 4.31. The Balaban J connectivity index is 2.32. The molecule has 0 unspecified atom stereocenters. The van der Waals surface area contributed by atoms with Gasteiger partial charge >= 0.3 is 0 Å². The van der Waals surface area contributed by atoms with Gasteiger partial charge in [0.2, 0.25) is 0 Å². The van der Waals surface area contributed by atoms with E-state index in [0.717, 1.165) is 11.3 Å². The molecule has 2 rings (SSSR count). The predicted octanol–water partition coefficient (Wildman–Crippen LogP) is 2.81. The molecule has 2 nitrogen and oxygen atoms in total. The molecule has 2 aromatic rings. The smallest absolute Gasteiger partial charge is 0.0701 e. The fraction of sp³-hybridized carbons (Fsp3) is 0.154. The van der Waals surface area contributed by atoms with Crippen LogP contribution in [-0.4, -0.2) is 19.1 Å². The summed E-state index contributed by atoms with van der Waals surface area (Å²) in [5, 5.41) is 0. The third kappa shape index (κ3) is 2.15. The Morgan fingerprint density at radius 3 is 2.20 bits per heavy atom. The number of hydrogen-bond acceptors (Lipinski definition) is 2. The summed E-state index contributed by atoms with van der Waals surface area (Å²) in [5.74, 6) is 0. The van der Waals surface area contributed by atoms with Crippen molar-refractivity contribution < 1.29 is 0 Å². The normalized spacial score (nSPS) is 10.0. The maximum atomic E-state index is 4.31. The van der Waals surface area contributed by atoms with Gasteiger partial charge in [0.05, 0.1) is 5.69 Å². The lowest BCUT2D eigenvalue weighted by Crippen LogP contribution is -2.07. The summed E-state index contributed by atoms with van der Waals surface area (Å²) in [7, 11) is 4.07. The van der Waals surface area contributed by atoms with Crippen LogP contribution in [0.4, 0.5) is 5.69 Å². The van der Waals surface area contributed by atoms with Crippen molar-refractivity contribution in [3.8, 4) is 11.3 Å². The number of rotatable bonds is 2. The molecule has 0 aliphatic rings. The highest BCUT2D eigenvalue weighted by molar-refractivity contribution is 5.62. The topological polar surface area (TPSA) is 16.1 Å². The third-order valence-corrected chi connectivity index (χ3v) is 2.34. The van der Waals surface area contributed by atoms with E-state index in [-0.39, 0.29) is 0 Å². The molecule has 76 valence electrons. The minimum absolute atomic E-state index is 1.02. The molecular formula is C13H14N2. The molecule has 0 saturated carbocycles. The van der Waals surface area contributed by atoms with Crippen molar-refractivity contribution in [3.63, 3.8) is 0 Å². The first kappa shape index (κ1) is 9.71. The maximum Gasteiger partial charge on any atom is 0.0701 e. The lowest BCUT2D eigenvalue weighted by molar-refractivity contribution is 1.13. The van der Waals surface area contributed by atoms with E-state index in [1.165, 1.54) is 5.69 Å². The number of pyridine rings is 1. The van der Waals surface area contributed by atoms with Crippen LogP contribution < -0.4 is 4.90 Å². The Morgan fingerprint density at radius 1 is 0.933 bits per heavy atom. The van der Waals surface area contributed by atoms with Crippen molar-refractivity contribution in [1.82, 2.24) is 4.98 Å². The summed E-state index contributed by atoms with van der Waals surface area (Å²) in [6.07, 6.45) is 1.81. The number of aromatic nitrogens is 1. The molecule has 0 spiro atoms. The molecule has 0 aliphatic heterocycles. The molecule has 2 heteroatoms. The van der Waals surface area contributed by atoms with Gasteiger partial charge in [0, 0.05) is 31.5 Å². The minimum Gasteiger partial charge on any atom is -0.378 e. The minimum atomic E-state index is 1.02. The van der Waals surface area contributed by atoms with E-state index in [9.17, 15) is 0 Å². The first-order chi connectivity index (χ1) is 7.27. The zero-order valence-corrected chi connectivity index (χ0v) is 9.01. The molecule has 0 amide bonds. The Hall–Kier alpha value is -1.83. The quantitative estimate of drug-likeness (QED) is 0.737. The molecule has 1 aromatic carbocycles. The molecule has 0 fully saturated rings. The van der Waals surface area contributed by atoms with Gasteiger partial charge in [-0.1, -0.05) is 18.2 Å². The van der Waals surface area contributed by atoms with Crippen molar-refractivity contribution >= 4 is 5.69 Å². The molecule has 0 bridgehead atoms. The van der Waals surface area contributed by atoms with E-state index in [2.05, 4.69) is 34.1 Å². The van der Waals surface area contributed by atoms with Crippen LogP contribution in [-0.2, 0) is 0 Å². The molecule has 0 N–H and O–H groups in total. The van der Waals surface area contributed by atoms with Crippen molar-refractivity contribution in [1.29, 1.82) is 0 Å². The molecule has 0 aliphatic carbocycles. The largest absolute Gasteiger partial charge is 0.378 e. The zero-order chi connectivity index (χ0) is 10.7. The lowest BCUT2D eigenvalue weighted by Gasteiger charge is -2.12. The highest BCUT2D eigenvalue weighted by Crippen LogP contribution is 2.19. The summed E-state index contributed by atoms with van der Waals surface area (Å²) in [5.41, 5.74) is 3.37. The fourth-order valence-electron chi connectivity index (χ4n) is 1.46. The van der Waals surface area contributed by atoms with Gasteiger partial charge < -0.3 is 4.90 Å². The summed E-state index contributed by atoms with van der Waals surface area (Å²) < 4.78 is 0. The van der Waals surface area contributed by atoms with Gasteiger partial charge in [-0.25, -0.2) is 0 Å². The Kier molecular flexibility index (Phi) is 2.68.